The average molecular weight is 288 g/mol. The van der Waals surface area contributed by atoms with E-state index in [0.29, 0.717) is 6.04 Å². The Balaban J connectivity index is 1.63. The first-order chi connectivity index (χ1) is 10.3. The maximum absolute atomic E-state index is 12.8. The molecule has 2 heterocycles. The van der Waals surface area contributed by atoms with Crippen LogP contribution in [0.2, 0.25) is 0 Å². The second kappa shape index (κ2) is 5.58. The molecule has 1 atom stereocenters. The van der Waals surface area contributed by atoms with Crippen LogP contribution in [0.3, 0.4) is 0 Å². The summed E-state index contributed by atoms with van der Waals surface area (Å²) < 4.78 is 7.77. The van der Waals surface area contributed by atoms with E-state index in [0.717, 1.165) is 50.9 Å². The molecule has 0 aromatic carbocycles. The van der Waals surface area contributed by atoms with Gasteiger partial charge in [-0.2, -0.15) is 0 Å². The highest BCUT2D eigenvalue weighted by Crippen LogP contribution is 2.24. The van der Waals surface area contributed by atoms with Crippen molar-refractivity contribution in [3.05, 3.63) is 33.2 Å². The number of aromatic nitrogens is 1. The number of rotatable bonds is 5. The van der Waals surface area contributed by atoms with Crippen LogP contribution < -0.4 is 10.9 Å². The first kappa shape index (κ1) is 13.5. The predicted molar refractivity (Wildman–Crippen MR) is 81.6 cm³/mol. The third kappa shape index (κ3) is 2.79. The van der Waals surface area contributed by atoms with Gasteiger partial charge in [0.25, 0.3) is 5.56 Å². The van der Waals surface area contributed by atoms with Crippen molar-refractivity contribution in [3.8, 4) is 0 Å². The Labute approximate surface area is 125 Å². The van der Waals surface area contributed by atoms with Crippen molar-refractivity contribution >= 4 is 0 Å². The molecule has 21 heavy (non-hydrogen) atoms. The Hall–Kier alpha value is -1.13. The second-order valence-electron chi connectivity index (χ2n) is 6.70. The average Bonchev–Trinajstić information content (AvgIpc) is 2.97. The topological polar surface area (TPSA) is 43.3 Å². The van der Waals surface area contributed by atoms with Crippen LogP contribution in [0.15, 0.2) is 10.9 Å². The minimum absolute atomic E-state index is 0.208. The van der Waals surface area contributed by atoms with Gasteiger partial charge >= 0.3 is 0 Å². The van der Waals surface area contributed by atoms with Gasteiger partial charge in [-0.3, -0.25) is 4.79 Å². The van der Waals surface area contributed by atoms with Crippen LogP contribution >= 0.6 is 0 Å². The Morgan fingerprint density at radius 3 is 2.90 bits per heavy atom. The Kier molecular flexibility index (Phi) is 3.59. The zero-order valence-corrected chi connectivity index (χ0v) is 12.6. The Morgan fingerprint density at radius 1 is 1.24 bits per heavy atom. The number of ether oxygens (including phenoxy) is 1. The van der Waals surface area contributed by atoms with Gasteiger partial charge in [-0.05, 0) is 56.6 Å². The van der Waals surface area contributed by atoms with Gasteiger partial charge in [0.1, 0.15) is 0 Å². The number of hydrogen-bond donors (Lipinski definition) is 1. The van der Waals surface area contributed by atoms with Crippen LogP contribution in [0, 0.1) is 0 Å². The minimum Gasteiger partial charge on any atom is -0.376 e. The number of hydrogen-bond acceptors (Lipinski definition) is 3. The Morgan fingerprint density at radius 2 is 2.14 bits per heavy atom. The maximum Gasteiger partial charge on any atom is 0.255 e. The molecule has 114 valence electrons. The second-order valence-corrected chi connectivity index (χ2v) is 6.70. The fourth-order valence-electron chi connectivity index (χ4n) is 3.64. The molecule has 1 saturated carbocycles. The zero-order chi connectivity index (χ0) is 14.2. The maximum atomic E-state index is 12.8. The molecule has 1 aromatic rings. The summed E-state index contributed by atoms with van der Waals surface area (Å²) in [6.45, 7) is 2.32. The number of pyridine rings is 1. The van der Waals surface area contributed by atoms with Gasteiger partial charge in [-0.25, -0.2) is 0 Å². The molecular weight excluding hydrogens is 264 g/mol. The standard InChI is InChI=1S/C17H24N2O2/c20-17-13(10-18-14-6-7-14)9-12-3-1-5-16(12)19(17)11-15-4-2-8-21-15/h9,14-15,18H,1-8,10-11H2. The first-order valence-electron chi connectivity index (χ1n) is 8.41. The van der Waals surface area contributed by atoms with Crippen LogP contribution in [0.25, 0.3) is 0 Å². The van der Waals surface area contributed by atoms with Crippen LogP contribution in [0.1, 0.15) is 48.9 Å². The van der Waals surface area contributed by atoms with Gasteiger partial charge in [-0.15, -0.1) is 0 Å². The van der Waals surface area contributed by atoms with Crippen molar-refractivity contribution in [1.82, 2.24) is 9.88 Å². The van der Waals surface area contributed by atoms with E-state index in [4.69, 9.17) is 4.74 Å². The molecule has 0 spiro atoms. The van der Waals surface area contributed by atoms with E-state index in [-0.39, 0.29) is 11.7 Å². The van der Waals surface area contributed by atoms with E-state index in [1.807, 2.05) is 4.57 Å². The first-order valence-corrected chi connectivity index (χ1v) is 8.41. The summed E-state index contributed by atoms with van der Waals surface area (Å²) in [5.74, 6) is 0. The number of fused-ring (bicyclic) bond motifs is 1. The minimum atomic E-state index is 0.208. The monoisotopic (exact) mass is 288 g/mol. The Bertz CT molecular complexity index is 583. The molecule has 1 saturated heterocycles. The fraction of sp³-hybridized carbons (Fsp3) is 0.706. The SMILES string of the molecule is O=c1c(CNC2CC2)cc2c(n1CC1CCCO1)CCC2. The summed E-state index contributed by atoms with van der Waals surface area (Å²) in [6, 6.07) is 2.80. The van der Waals surface area contributed by atoms with Gasteiger partial charge < -0.3 is 14.6 Å². The molecule has 1 aromatic heterocycles. The molecule has 3 aliphatic rings. The number of aryl methyl sites for hydroxylation is 1. The molecule has 2 aliphatic carbocycles. The highest BCUT2D eigenvalue weighted by molar-refractivity contribution is 5.30. The summed E-state index contributed by atoms with van der Waals surface area (Å²) in [7, 11) is 0. The summed E-state index contributed by atoms with van der Waals surface area (Å²) in [4.78, 5) is 12.8. The van der Waals surface area contributed by atoms with Gasteiger partial charge in [0.2, 0.25) is 0 Å². The molecule has 0 amide bonds. The van der Waals surface area contributed by atoms with Gasteiger partial charge in [0.15, 0.2) is 0 Å². The lowest BCUT2D eigenvalue weighted by Crippen LogP contribution is -2.33. The summed E-state index contributed by atoms with van der Waals surface area (Å²) >= 11 is 0. The van der Waals surface area contributed by atoms with Crippen LogP contribution in [-0.4, -0.2) is 23.3 Å². The summed E-state index contributed by atoms with van der Waals surface area (Å²) in [6.07, 6.45) is 8.32. The van der Waals surface area contributed by atoms with Crippen molar-refractivity contribution in [2.75, 3.05) is 6.61 Å². The summed E-state index contributed by atoms with van der Waals surface area (Å²) in [5.41, 5.74) is 3.81. The van der Waals surface area contributed by atoms with Crippen molar-refractivity contribution < 1.29 is 4.74 Å². The smallest absolute Gasteiger partial charge is 0.255 e. The quantitative estimate of drug-likeness (QED) is 0.898. The third-order valence-corrected chi connectivity index (χ3v) is 4.99. The molecule has 4 nitrogen and oxygen atoms in total. The van der Waals surface area contributed by atoms with Crippen molar-refractivity contribution in [2.24, 2.45) is 0 Å². The molecule has 1 unspecified atom stereocenters. The van der Waals surface area contributed by atoms with Crippen LogP contribution in [-0.2, 0) is 30.7 Å². The fourth-order valence-corrected chi connectivity index (χ4v) is 3.64. The molecule has 4 rings (SSSR count). The molecule has 0 bridgehead atoms. The van der Waals surface area contributed by atoms with E-state index >= 15 is 0 Å². The van der Waals surface area contributed by atoms with E-state index in [1.54, 1.807) is 0 Å². The van der Waals surface area contributed by atoms with E-state index in [9.17, 15) is 4.79 Å². The van der Waals surface area contributed by atoms with Gasteiger partial charge in [-0.1, -0.05) is 0 Å². The zero-order valence-electron chi connectivity index (χ0n) is 12.6. The highest BCUT2D eigenvalue weighted by Gasteiger charge is 2.25. The summed E-state index contributed by atoms with van der Waals surface area (Å²) in [5, 5.41) is 3.48. The lowest BCUT2D eigenvalue weighted by atomic mass is 10.1. The predicted octanol–water partition coefficient (Wildman–Crippen LogP) is 1.77. The van der Waals surface area contributed by atoms with Gasteiger partial charge in [0.05, 0.1) is 12.6 Å². The van der Waals surface area contributed by atoms with Crippen LogP contribution in [0.5, 0.6) is 0 Å². The lowest BCUT2D eigenvalue weighted by molar-refractivity contribution is 0.0954. The number of nitrogens with one attached hydrogen (secondary N) is 1. The lowest BCUT2D eigenvalue weighted by Gasteiger charge is -2.18. The molecule has 1 N–H and O–H groups in total. The van der Waals surface area contributed by atoms with Gasteiger partial charge in [0, 0.05) is 30.5 Å². The van der Waals surface area contributed by atoms with E-state index in [2.05, 4.69) is 11.4 Å². The molecule has 1 aliphatic heterocycles. The van der Waals surface area contributed by atoms with Crippen molar-refractivity contribution in [1.29, 1.82) is 0 Å². The highest BCUT2D eigenvalue weighted by atomic mass is 16.5. The third-order valence-electron chi connectivity index (χ3n) is 4.99. The van der Waals surface area contributed by atoms with Crippen molar-refractivity contribution in [3.63, 3.8) is 0 Å². The van der Waals surface area contributed by atoms with E-state index in [1.165, 1.54) is 30.5 Å². The van der Waals surface area contributed by atoms with Crippen LogP contribution in [0.4, 0.5) is 0 Å². The molecule has 4 heteroatoms. The largest absolute Gasteiger partial charge is 0.376 e. The van der Waals surface area contributed by atoms with Crippen molar-refractivity contribution in [2.45, 2.75) is 70.2 Å². The number of nitrogens with zero attached hydrogens (tertiary/aromatic N) is 1. The normalized spacial score (nSPS) is 24.5. The molecule has 0 radical (unpaired) electrons. The van der Waals surface area contributed by atoms with E-state index < -0.39 is 0 Å². The molecular formula is C17H24N2O2. The molecule has 2 fully saturated rings.